The van der Waals surface area contributed by atoms with E-state index in [9.17, 15) is 24.3 Å². The van der Waals surface area contributed by atoms with E-state index in [4.69, 9.17) is 4.74 Å². The van der Waals surface area contributed by atoms with E-state index >= 15 is 0 Å². The number of likely N-dealkylation sites (tertiary alicyclic amines) is 1. The molecule has 6 atom stereocenters. The molecule has 4 fully saturated rings. The van der Waals surface area contributed by atoms with Gasteiger partial charge in [0.15, 0.2) is 5.78 Å². The summed E-state index contributed by atoms with van der Waals surface area (Å²) in [5.41, 5.74) is 0.964. The zero-order valence-corrected chi connectivity index (χ0v) is 29.4. The van der Waals surface area contributed by atoms with Crippen LogP contribution >= 0.6 is 0 Å². The van der Waals surface area contributed by atoms with E-state index < -0.39 is 35.4 Å². The van der Waals surface area contributed by atoms with E-state index in [1.165, 1.54) is 4.90 Å². The minimum absolute atomic E-state index is 0.0151. The van der Waals surface area contributed by atoms with Crippen molar-refractivity contribution in [1.29, 1.82) is 0 Å². The van der Waals surface area contributed by atoms with E-state index in [0.717, 1.165) is 40.6 Å². The lowest BCUT2D eigenvalue weighted by Crippen LogP contribution is -2.58. The van der Waals surface area contributed by atoms with Crippen LogP contribution in [0, 0.1) is 22.7 Å². The third-order valence-electron chi connectivity index (χ3n) is 12.5. The minimum Gasteiger partial charge on any atom is -0.495 e. The monoisotopic (exact) mass is 680 g/mol. The number of nitrogens with zero attached hydrogens (tertiary/aromatic N) is 3. The average molecular weight is 681 g/mol. The Morgan fingerprint density at radius 2 is 1.66 bits per heavy atom. The Morgan fingerprint density at radius 3 is 2.36 bits per heavy atom. The van der Waals surface area contributed by atoms with Crippen LogP contribution in [0.15, 0.2) is 66.7 Å². The number of β-amino-alcohol motifs (C(OH)–C–C–N with tert-alkyl or cyclic N) is 1. The molecule has 4 aliphatic rings. The van der Waals surface area contributed by atoms with Crippen molar-refractivity contribution >= 4 is 40.0 Å². The number of fused-ring (bicyclic) bond motifs is 3. The molecule has 0 radical (unpaired) electrons. The fourth-order valence-electron chi connectivity index (χ4n) is 9.20. The van der Waals surface area contributed by atoms with Gasteiger partial charge < -0.3 is 29.9 Å². The number of Topliss-reactive ketones (excluding diaryl/α,β-unsaturated/α-hetero) is 1. The summed E-state index contributed by atoms with van der Waals surface area (Å²) in [6, 6.07) is 20.0. The Balaban J connectivity index is 1.11. The standard InChI is InChI=1S/C40H48N4O6/c1-39(2)29-15-16-40(39,3)35(46)34(29)38(49)44-24-28(45)23-32(44)36(47)41-30(22-25-13-14-26-9-5-6-10-27(26)21-25)37(48)43-19-17-42(18-20-43)31-11-7-8-12-33(31)50-4/h5-14,21,28-30,32,34,45H,15-20,22-24H2,1-4H3,(H,41,47)/t28-,29?,30+,32+,34?,40?/m1/s1. The highest BCUT2D eigenvalue weighted by atomic mass is 16.5. The molecule has 2 aliphatic heterocycles. The lowest BCUT2D eigenvalue weighted by atomic mass is 9.70. The number of ketones is 1. The van der Waals surface area contributed by atoms with Gasteiger partial charge in [0.1, 0.15) is 23.8 Å². The number of methoxy groups -OCH3 is 1. The largest absolute Gasteiger partial charge is 0.495 e. The number of benzene rings is 3. The molecule has 10 heteroatoms. The number of rotatable bonds is 8. The fraction of sp³-hybridized carbons (Fsp3) is 0.500. The van der Waals surface area contributed by atoms with Gasteiger partial charge in [-0.15, -0.1) is 0 Å². The lowest BCUT2D eigenvalue weighted by Gasteiger charge is -2.38. The maximum absolute atomic E-state index is 14.3. The molecule has 0 aromatic heterocycles. The molecule has 2 aliphatic carbocycles. The second-order valence-corrected chi connectivity index (χ2v) is 15.4. The number of hydrogen-bond acceptors (Lipinski definition) is 7. The Morgan fingerprint density at radius 1 is 0.960 bits per heavy atom. The fourth-order valence-corrected chi connectivity index (χ4v) is 9.20. The first kappa shape index (κ1) is 34.0. The molecule has 10 nitrogen and oxygen atoms in total. The number of aliphatic hydroxyl groups excluding tert-OH is 1. The van der Waals surface area contributed by atoms with Crippen molar-refractivity contribution in [3.8, 4) is 5.75 Å². The van der Waals surface area contributed by atoms with Crippen LogP contribution in [0.4, 0.5) is 5.69 Å². The van der Waals surface area contributed by atoms with Crippen molar-refractivity contribution in [2.24, 2.45) is 22.7 Å². The summed E-state index contributed by atoms with van der Waals surface area (Å²) < 4.78 is 5.57. The first-order valence-electron chi connectivity index (χ1n) is 17.9. The number of para-hydroxylation sites is 2. The van der Waals surface area contributed by atoms with Crippen molar-refractivity contribution < 1.29 is 29.0 Å². The first-order chi connectivity index (χ1) is 23.9. The molecule has 264 valence electrons. The number of hydrogen-bond donors (Lipinski definition) is 2. The maximum Gasteiger partial charge on any atom is 0.245 e. The zero-order valence-electron chi connectivity index (χ0n) is 29.4. The maximum atomic E-state index is 14.3. The van der Waals surface area contributed by atoms with Crippen LogP contribution in [-0.2, 0) is 25.6 Å². The lowest BCUT2D eigenvalue weighted by molar-refractivity contribution is -0.148. The predicted octanol–water partition coefficient (Wildman–Crippen LogP) is 3.83. The highest BCUT2D eigenvalue weighted by Gasteiger charge is 2.68. The summed E-state index contributed by atoms with van der Waals surface area (Å²) >= 11 is 0. The molecule has 2 N–H and O–H groups in total. The van der Waals surface area contributed by atoms with Gasteiger partial charge in [-0.2, -0.15) is 0 Å². The molecular formula is C40H48N4O6. The van der Waals surface area contributed by atoms with Crippen LogP contribution in [0.3, 0.4) is 0 Å². The molecule has 3 aromatic rings. The molecule has 3 unspecified atom stereocenters. The second kappa shape index (κ2) is 13.0. The molecule has 0 spiro atoms. The Labute approximate surface area is 293 Å². The van der Waals surface area contributed by atoms with Crippen LogP contribution in [0.2, 0.25) is 0 Å². The van der Waals surface area contributed by atoms with Gasteiger partial charge in [-0.25, -0.2) is 0 Å². The summed E-state index contributed by atoms with van der Waals surface area (Å²) in [6.07, 6.45) is 0.959. The van der Waals surface area contributed by atoms with E-state index in [-0.39, 0.29) is 48.3 Å². The van der Waals surface area contributed by atoms with Gasteiger partial charge >= 0.3 is 0 Å². The molecule has 2 bridgehead atoms. The van der Waals surface area contributed by atoms with Crippen LogP contribution in [0.1, 0.15) is 45.6 Å². The average Bonchev–Trinajstić information content (AvgIpc) is 3.68. The van der Waals surface area contributed by atoms with Gasteiger partial charge in [-0.1, -0.05) is 75.4 Å². The van der Waals surface area contributed by atoms with Crippen molar-refractivity contribution in [1.82, 2.24) is 15.1 Å². The number of anilines is 1. The third-order valence-corrected chi connectivity index (χ3v) is 12.5. The molecule has 2 saturated heterocycles. The van der Waals surface area contributed by atoms with E-state index in [2.05, 4.69) is 24.1 Å². The number of amides is 3. The minimum atomic E-state index is -0.977. The van der Waals surface area contributed by atoms with Gasteiger partial charge in [0, 0.05) is 51.0 Å². The van der Waals surface area contributed by atoms with Crippen molar-refractivity contribution in [3.63, 3.8) is 0 Å². The van der Waals surface area contributed by atoms with Gasteiger partial charge in [0.2, 0.25) is 17.7 Å². The van der Waals surface area contributed by atoms with Crippen molar-refractivity contribution in [2.75, 3.05) is 44.7 Å². The second-order valence-electron chi connectivity index (χ2n) is 15.4. The van der Waals surface area contributed by atoms with E-state index in [1.807, 2.05) is 73.7 Å². The first-order valence-corrected chi connectivity index (χ1v) is 17.9. The number of ether oxygens (including phenoxy) is 1. The number of nitrogens with one attached hydrogen (secondary N) is 1. The number of piperazine rings is 1. The summed E-state index contributed by atoms with van der Waals surface area (Å²) in [5.74, 6) is -1.26. The van der Waals surface area contributed by atoms with E-state index in [0.29, 0.717) is 26.2 Å². The predicted molar refractivity (Wildman–Crippen MR) is 191 cm³/mol. The molecule has 2 saturated carbocycles. The summed E-state index contributed by atoms with van der Waals surface area (Å²) in [4.78, 5) is 61.7. The normalized spacial score (nSPS) is 27.9. The third kappa shape index (κ3) is 5.71. The van der Waals surface area contributed by atoms with Gasteiger partial charge in [-0.3, -0.25) is 19.2 Å². The summed E-state index contributed by atoms with van der Waals surface area (Å²) in [7, 11) is 1.65. The molecule has 50 heavy (non-hydrogen) atoms. The molecule has 7 rings (SSSR count). The number of carbonyl (C=O) groups excluding carboxylic acids is 4. The molecule has 2 heterocycles. The molecule has 3 aromatic carbocycles. The van der Waals surface area contributed by atoms with Gasteiger partial charge in [-0.05, 0) is 52.6 Å². The molecular weight excluding hydrogens is 632 g/mol. The molecule has 3 amide bonds. The van der Waals surface area contributed by atoms with Crippen molar-refractivity contribution in [2.45, 2.75) is 64.6 Å². The highest BCUT2D eigenvalue weighted by molar-refractivity contribution is 6.08. The highest BCUT2D eigenvalue weighted by Crippen LogP contribution is 2.66. The van der Waals surface area contributed by atoms with Crippen molar-refractivity contribution in [3.05, 3.63) is 72.3 Å². The Bertz CT molecular complexity index is 1820. The number of aliphatic hydroxyl groups is 1. The van der Waals surface area contributed by atoms with E-state index in [1.54, 1.807) is 12.0 Å². The van der Waals surface area contributed by atoms with Gasteiger partial charge in [0.05, 0.1) is 18.9 Å². The SMILES string of the molecule is COc1ccccc1N1CCN(C(=O)[C@H](Cc2ccc3ccccc3c2)NC(=O)[C@@H]2C[C@@H](O)CN2C(=O)C2C(=O)C3(C)CCC2C3(C)C)CC1. The summed E-state index contributed by atoms with van der Waals surface area (Å²) in [5, 5.41) is 15.9. The summed E-state index contributed by atoms with van der Waals surface area (Å²) in [6.45, 7) is 8.22. The van der Waals surface area contributed by atoms with Crippen LogP contribution < -0.4 is 15.0 Å². The Kier molecular flexibility index (Phi) is 8.87. The Hall–Kier alpha value is -4.44. The van der Waals surface area contributed by atoms with Gasteiger partial charge in [0.25, 0.3) is 0 Å². The quantitative estimate of drug-likeness (QED) is 0.348. The topological polar surface area (TPSA) is 119 Å². The van der Waals surface area contributed by atoms with Crippen LogP contribution in [0.25, 0.3) is 10.8 Å². The smallest absolute Gasteiger partial charge is 0.245 e. The zero-order chi connectivity index (χ0) is 35.4. The van der Waals surface area contributed by atoms with Crippen LogP contribution in [0.5, 0.6) is 5.75 Å². The number of carbonyl (C=O) groups is 4. The van der Waals surface area contributed by atoms with Crippen LogP contribution in [-0.4, -0.2) is 96.4 Å².